The molecule has 1 saturated carbocycles. The minimum atomic E-state index is -1.12. The minimum absolute atomic E-state index is 0.0432. The normalized spacial score (nSPS) is 26.4. The molecule has 3 aromatic rings. The van der Waals surface area contributed by atoms with Gasteiger partial charge in [-0.2, -0.15) is 5.26 Å². The molecule has 3 atom stereocenters. The van der Waals surface area contributed by atoms with Crippen molar-refractivity contribution in [2.24, 2.45) is 5.41 Å². The summed E-state index contributed by atoms with van der Waals surface area (Å²) in [5.41, 5.74) is 0.538. The topological polar surface area (TPSA) is 126 Å². The number of anilines is 1. The van der Waals surface area contributed by atoms with Crippen LogP contribution in [-0.4, -0.2) is 56.1 Å². The lowest BCUT2D eigenvalue weighted by atomic mass is 9.66. The molecule has 0 bridgehead atoms. The molecule has 3 heterocycles. The molecule has 2 aromatic heterocycles. The van der Waals surface area contributed by atoms with Crippen molar-refractivity contribution in [1.82, 2.24) is 19.5 Å². The Bertz CT molecular complexity index is 1340. The van der Waals surface area contributed by atoms with E-state index in [2.05, 4.69) is 32.5 Å². The van der Waals surface area contributed by atoms with Gasteiger partial charge in [0.2, 0.25) is 0 Å². The van der Waals surface area contributed by atoms with Crippen LogP contribution in [0.2, 0.25) is 0 Å². The molecule has 2 fully saturated rings. The average molecular weight is 491 g/mol. The van der Waals surface area contributed by atoms with Crippen LogP contribution in [0.4, 0.5) is 10.6 Å². The fourth-order valence-electron chi connectivity index (χ4n) is 5.68. The molecule has 0 unspecified atom stereocenters. The van der Waals surface area contributed by atoms with Crippen LogP contribution in [-0.2, 0) is 21.6 Å². The Morgan fingerprint density at radius 1 is 1.31 bits per heavy atom. The number of nitrogens with zero attached hydrogens (tertiary/aromatic N) is 6. The quantitative estimate of drug-likeness (QED) is 0.576. The van der Waals surface area contributed by atoms with Crippen LogP contribution < -0.4 is 4.90 Å². The van der Waals surface area contributed by atoms with Crippen LogP contribution in [0.25, 0.3) is 11.0 Å². The van der Waals surface area contributed by atoms with Gasteiger partial charge in [0, 0.05) is 19.1 Å². The van der Waals surface area contributed by atoms with E-state index in [0.717, 1.165) is 17.5 Å². The second-order valence-electron chi connectivity index (χ2n) is 10.7. The highest BCUT2D eigenvalue weighted by atomic mass is 16.6. The van der Waals surface area contributed by atoms with E-state index in [9.17, 15) is 15.2 Å². The maximum Gasteiger partial charge on any atom is 0.416 e. The molecule has 36 heavy (non-hydrogen) atoms. The summed E-state index contributed by atoms with van der Waals surface area (Å²) < 4.78 is 14.0. The lowest BCUT2D eigenvalue weighted by Crippen LogP contribution is -2.52. The largest absolute Gasteiger partial charge is 0.441 e. The number of methoxy groups -OCH3 is 1. The van der Waals surface area contributed by atoms with E-state index in [0.29, 0.717) is 43.0 Å². The molecular formula is C26H30N6O4. The molecule has 1 N–H and O–H groups in total. The molecule has 1 aliphatic heterocycles. The summed E-state index contributed by atoms with van der Waals surface area (Å²) in [5.74, 6) is 0.394. The zero-order chi connectivity index (χ0) is 25.7. The van der Waals surface area contributed by atoms with Gasteiger partial charge < -0.3 is 19.1 Å². The number of ether oxygens (including phenoxy) is 2. The molecule has 1 aliphatic carbocycles. The van der Waals surface area contributed by atoms with Gasteiger partial charge in [0.1, 0.15) is 11.2 Å². The third-order valence-electron chi connectivity index (χ3n) is 7.44. The molecule has 1 saturated heterocycles. The van der Waals surface area contributed by atoms with E-state index in [4.69, 9.17) is 9.47 Å². The van der Waals surface area contributed by atoms with Crippen molar-refractivity contribution in [2.75, 3.05) is 18.6 Å². The summed E-state index contributed by atoms with van der Waals surface area (Å²) in [7, 11) is 1.72. The number of hydrogen-bond acceptors (Lipinski definition) is 8. The predicted octanol–water partition coefficient (Wildman–Crippen LogP) is 3.53. The van der Waals surface area contributed by atoms with Gasteiger partial charge >= 0.3 is 6.09 Å². The number of hydrogen-bond donors (Lipinski definition) is 1. The lowest BCUT2D eigenvalue weighted by molar-refractivity contribution is -0.109. The maximum atomic E-state index is 13.0. The van der Waals surface area contributed by atoms with Crippen LogP contribution >= 0.6 is 0 Å². The third kappa shape index (κ3) is 4.18. The molecule has 5 rings (SSSR count). The zero-order valence-electron chi connectivity index (χ0n) is 20.9. The Morgan fingerprint density at radius 3 is 2.78 bits per heavy atom. The second-order valence-corrected chi connectivity index (χ2v) is 10.7. The van der Waals surface area contributed by atoms with Gasteiger partial charge in [0.25, 0.3) is 0 Å². The van der Waals surface area contributed by atoms with Crippen molar-refractivity contribution >= 4 is 22.9 Å². The smallest absolute Gasteiger partial charge is 0.416 e. The summed E-state index contributed by atoms with van der Waals surface area (Å²) in [6.07, 6.45) is 6.27. The molecule has 1 aromatic carbocycles. The van der Waals surface area contributed by atoms with Crippen molar-refractivity contribution in [2.45, 2.75) is 63.9 Å². The molecule has 0 radical (unpaired) electrons. The first kappa shape index (κ1) is 24.2. The van der Waals surface area contributed by atoms with Crippen LogP contribution in [0.1, 0.15) is 51.3 Å². The van der Waals surface area contributed by atoms with Crippen LogP contribution in [0.5, 0.6) is 0 Å². The van der Waals surface area contributed by atoms with E-state index in [1.165, 1.54) is 17.3 Å². The zero-order valence-corrected chi connectivity index (χ0v) is 20.9. The number of aromatic nitrogens is 4. The van der Waals surface area contributed by atoms with Crippen LogP contribution in [0.15, 0.2) is 36.9 Å². The van der Waals surface area contributed by atoms with Crippen molar-refractivity contribution < 1.29 is 19.4 Å². The Balaban J connectivity index is 1.41. The van der Waals surface area contributed by atoms with E-state index in [1.54, 1.807) is 33.4 Å². The van der Waals surface area contributed by atoms with Gasteiger partial charge in [-0.15, -0.1) is 0 Å². The first-order chi connectivity index (χ1) is 17.1. The first-order valence-corrected chi connectivity index (χ1v) is 12.0. The molecule has 188 valence electrons. The van der Waals surface area contributed by atoms with Gasteiger partial charge in [0.05, 0.1) is 59.7 Å². The van der Waals surface area contributed by atoms with Gasteiger partial charge in [-0.25, -0.2) is 14.8 Å². The number of imidazole rings is 1. The Labute approximate surface area is 209 Å². The Kier molecular flexibility index (Phi) is 5.73. The monoisotopic (exact) mass is 490 g/mol. The Morgan fingerprint density at radius 2 is 2.11 bits per heavy atom. The van der Waals surface area contributed by atoms with E-state index in [-0.39, 0.29) is 11.5 Å². The van der Waals surface area contributed by atoms with Crippen molar-refractivity contribution in [3.8, 4) is 6.07 Å². The highest BCUT2D eigenvalue weighted by Crippen LogP contribution is 2.49. The summed E-state index contributed by atoms with van der Waals surface area (Å²) in [5, 5.41) is 19.5. The van der Waals surface area contributed by atoms with E-state index < -0.39 is 17.3 Å². The SMILES string of the molecule is CO[C@@H]1CC[C@@]2(CN(c3cnc(C(C)(C)O)cn3)C(=O)O2)C[C@@]1(C)Cn1cnc2ccc(C#N)cc21. The van der Waals surface area contributed by atoms with Crippen LogP contribution in [0, 0.1) is 16.7 Å². The number of nitriles is 1. The van der Waals surface area contributed by atoms with Crippen LogP contribution in [0.3, 0.4) is 0 Å². The van der Waals surface area contributed by atoms with E-state index in [1.807, 2.05) is 12.1 Å². The lowest BCUT2D eigenvalue weighted by Gasteiger charge is -2.47. The van der Waals surface area contributed by atoms with Gasteiger partial charge in [-0.05, 0) is 51.3 Å². The minimum Gasteiger partial charge on any atom is -0.441 e. The molecule has 1 amide bonds. The second kappa shape index (κ2) is 8.54. The first-order valence-electron chi connectivity index (χ1n) is 12.0. The molecule has 1 spiro atoms. The van der Waals surface area contributed by atoms with E-state index >= 15 is 0 Å². The summed E-state index contributed by atoms with van der Waals surface area (Å²) in [4.78, 5) is 27.7. The fraction of sp³-hybridized carbons (Fsp3) is 0.500. The predicted molar refractivity (Wildman–Crippen MR) is 131 cm³/mol. The number of aliphatic hydroxyl groups is 1. The van der Waals surface area contributed by atoms with Gasteiger partial charge in [0.15, 0.2) is 5.82 Å². The van der Waals surface area contributed by atoms with Crippen molar-refractivity contribution in [1.29, 1.82) is 5.26 Å². The summed E-state index contributed by atoms with van der Waals surface area (Å²) in [6.45, 7) is 6.37. The highest BCUT2D eigenvalue weighted by molar-refractivity contribution is 5.89. The number of fused-ring (bicyclic) bond motifs is 1. The van der Waals surface area contributed by atoms with Gasteiger partial charge in [-0.1, -0.05) is 6.92 Å². The molecule has 10 nitrogen and oxygen atoms in total. The molecular weight excluding hydrogens is 460 g/mol. The number of rotatable bonds is 5. The number of benzene rings is 1. The number of carbonyl (C=O) groups is 1. The summed E-state index contributed by atoms with van der Waals surface area (Å²) >= 11 is 0. The highest BCUT2D eigenvalue weighted by Gasteiger charge is 2.55. The fourth-order valence-corrected chi connectivity index (χ4v) is 5.68. The maximum absolute atomic E-state index is 13.0. The molecule has 10 heteroatoms. The number of carbonyl (C=O) groups excluding carboxylic acids is 1. The van der Waals surface area contributed by atoms with Gasteiger partial charge in [-0.3, -0.25) is 9.88 Å². The van der Waals surface area contributed by atoms with Crippen molar-refractivity contribution in [3.05, 3.63) is 48.2 Å². The standard InChI is InChI=1S/C26H30N6O4/c1-24(2,34)20-11-29-22(12-28-20)32-15-26(36-23(32)33)8-7-21(35-4)25(3,13-26)14-31-16-30-18-6-5-17(10-27)9-19(18)31/h5-6,9,11-12,16,21,34H,7-8,13-15H2,1-4H3/t21-,25+,26+/m1/s1. The number of amides is 1. The molecule has 2 aliphatic rings. The summed E-state index contributed by atoms with van der Waals surface area (Å²) in [6, 6.07) is 7.65. The van der Waals surface area contributed by atoms with Crippen molar-refractivity contribution in [3.63, 3.8) is 0 Å². The Hall–Kier alpha value is -3.55. The third-order valence-corrected chi connectivity index (χ3v) is 7.44. The average Bonchev–Trinajstić information content (AvgIpc) is 3.38.